The third-order valence-corrected chi connectivity index (χ3v) is 2.23. The number of pyridine rings is 1. The molecule has 0 fully saturated rings. The number of hydrogen-bond acceptors (Lipinski definition) is 4. The van der Waals surface area contributed by atoms with Gasteiger partial charge < -0.3 is 14.8 Å². The maximum atomic E-state index is 10.6. The van der Waals surface area contributed by atoms with Crippen LogP contribution in [0, 0.1) is 6.92 Å². The first-order valence-electron chi connectivity index (χ1n) is 5.13. The van der Waals surface area contributed by atoms with Gasteiger partial charge in [0, 0.05) is 6.20 Å². The van der Waals surface area contributed by atoms with Gasteiger partial charge in [0.2, 0.25) is 5.76 Å². The molecule has 2 aromatic rings. The Labute approximate surface area is 98.1 Å². The van der Waals surface area contributed by atoms with Crippen molar-refractivity contribution in [2.45, 2.75) is 13.5 Å². The van der Waals surface area contributed by atoms with Crippen molar-refractivity contribution in [2.24, 2.45) is 0 Å². The summed E-state index contributed by atoms with van der Waals surface area (Å²) in [6.45, 7) is 2.37. The Morgan fingerprint density at radius 3 is 2.82 bits per heavy atom. The number of carbonyl (C=O) groups is 1. The quantitative estimate of drug-likeness (QED) is 0.845. The maximum Gasteiger partial charge on any atom is 0.371 e. The molecule has 0 bridgehead atoms. The first-order chi connectivity index (χ1) is 8.15. The van der Waals surface area contributed by atoms with Crippen LogP contribution in [-0.4, -0.2) is 16.1 Å². The minimum atomic E-state index is -1.07. The summed E-state index contributed by atoms with van der Waals surface area (Å²) < 4.78 is 5.10. The molecular weight excluding hydrogens is 220 g/mol. The molecule has 0 atom stereocenters. The molecular formula is C12H12N2O3. The lowest BCUT2D eigenvalue weighted by Gasteiger charge is -2.03. The van der Waals surface area contributed by atoms with Gasteiger partial charge in [0.15, 0.2) is 0 Å². The second kappa shape index (κ2) is 4.69. The monoisotopic (exact) mass is 232 g/mol. The molecule has 17 heavy (non-hydrogen) atoms. The number of nitrogens with one attached hydrogen (secondary N) is 1. The Morgan fingerprint density at radius 1 is 1.41 bits per heavy atom. The normalized spacial score (nSPS) is 10.2. The summed E-state index contributed by atoms with van der Waals surface area (Å²) in [6, 6.07) is 6.86. The predicted octanol–water partition coefficient (Wildman–Crippen LogP) is 2.29. The van der Waals surface area contributed by atoms with E-state index >= 15 is 0 Å². The van der Waals surface area contributed by atoms with Gasteiger partial charge in [0.05, 0.1) is 6.54 Å². The van der Waals surface area contributed by atoms with Gasteiger partial charge >= 0.3 is 5.97 Å². The van der Waals surface area contributed by atoms with Crippen molar-refractivity contribution in [1.29, 1.82) is 0 Å². The van der Waals surface area contributed by atoms with E-state index < -0.39 is 5.97 Å². The molecule has 0 radical (unpaired) electrons. The summed E-state index contributed by atoms with van der Waals surface area (Å²) in [7, 11) is 0. The third-order valence-electron chi connectivity index (χ3n) is 2.23. The zero-order chi connectivity index (χ0) is 12.3. The van der Waals surface area contributed by atoms with Crippen LogP contribution in [0.3, 0.4) is 0 Å². The van der Waals surface area contributed by atoms with Gasteiger partial charge in [-0.2, -0.15) is 0 Å². The highest BCUT2D eigenvalue weighted by molar-refractivity contribution is 5.84. The van der Waals surface area contributed by atoms with E-state index in [0.717, 1.165) is 11.4 Å². The molecule has 0 spiro atoms. The molecule has 0 saturated heterocycles. The van der Waals surface area contributed by atoms with Crippen molar-refractivity contribution in [2.75, 3.05) is 5.32 Å². The first kappa shape index (κ1) is 11.2. The smallest absolute Gasteiger partial charge is 0.371 e. The Kier molecular flexibility index (Phi) is 3.09. The number of carboxylic acids is 1. The van der Waals surface area contributed by atoms with Gasteiger partial charge in [-0.15, -0.1) is 0 Å². The maximum absolute atomic E-state index is 10.6. The fraction of sp³-hybridized carbons (Fsp3) is 0.167. The van der Waals surface area contributed by atoms with Gasteiger partial charge in [0.25, 0.3) is 0 Å². The highest BCUT2D eigenvalue weighted by Gasteiger charge is 2.08. The summed E-state index contributed by atoms with van der Waals surface area (Å²) in [6.07, 6.45) is 1.76. The van der Waals surface area contributed by atoms with E-state index in [1.807, 2.05) is 19.1 Å². The lowest BCUT2D eigenvalue weighted by Crippen LogP contribution is -2.00. The van der Waals surface area contributed by atoms with Crippen molar-refractivity contribution in [3.63, 3.8) is 0 Å². The Hall–Kier alpha value is -2.30. The van der Waals surface area contributed by atoms with Crippen LogP contribution in [0.1, 0.15) is 21.9 Å². The Morgan fingerprint density at radius 2 is 2.24 bits per heavy atom. The van der Waals surface area contributed by atoms with Crippen LogP contribution in [0.4, 0.5) is 5.82 Å². The van der Waals surface area contributed by atoms with E-state index in [1.165, 1.54) is 6.07 Å². The van der Waals surface area contributed by atoms with Crippen LogP contribution < -0.4 is 5.32 Å². The number of furan rings is 1. The molecule has 2 heterocycles. The van der Waals surface area contributed by atoms with E-state index in [9.17, 15) is 4.79 Å². The second-order valence-corrected chi connectivity index (χ2v) is 3.65. The number of carboxylic acid groups (broad SMARTS) is 1. The van der Waals surface area contributed by atoms with Crippen LogP contribution in [0.25, 0.3) is 0 Å². The number of nitrogens with zero attached hydrogens (tertiary/aromatic N) is 1. The number of hydrogen-bond donors (Lipinski definition) is 2. The van der Waals surface area contributed by atoms with E-state index in [2.05, 4.69) is 10.3 Å². The predicted molar refractivity (Wildman–Crippen MR) is 62.0 cm³/mol. The van der Waals surface area contributed by atoms with Crippen LogP contribution in [0.5, 0.6) is 0 Å². The summed E-state index contributed by atoms with van der Waals surface area (Å²) in [5.74, 6) is 0.164. The van der Waals surface area contributed by atoms with Crippen LogP contribution >= 0.6 is 0 Å². The SMILES string of the molecule is Cc1ccc(NCc2ccc(C(=O)O)o2)nc1. The summed E-state index contributed by atoms with van der Waals surface area (Å²) in [5.41, 5.74) is 1.08. The number of aryl methyl sites for hydroxylation is 1. The molecule has 0 unspecified atom stereocenters. The fourth-order valence-corrected chi connectivity index (χ4v) is 1.34. The molecule has 0 amide bonds. The molecule has 5 nitrogen and oxygen atoms in total. The van der Waals surface area contributed by atoms with Gasteiger partial charge in [-0.25, -0.2) is 9.78 Å². The molecule has 0 saturated carbocycles. The Balaban J connectivity index is 1.97. The minimum Gasteiger partial charge on any atom is -0.475 e. The molecule has 0 aliphatic heterocycles. The number of anilines is 1. The standard InChI is InChI=1S/C12H12N2O3/c1-8-2-5-11(13-6-8)14-7-9-3-4-10(17-9)12(15)16/h2-6H,7H2,1H3,(H,13,14)(H,15,16). The first-order valence-corrected chi connectivity index (χ1v) is 5.13. The molecule has 2 N–H and O–H groups in total. The van der Waals surface area contributed by atoms with E-state index in [0.29, 0.717) is 12.3 Å². The van der Waals surface area contributed by atoms with Crippen molar-refractivity contribution in [1.82, 2.24) is 4.98 Å². The molecule has 88 valence electrons. The van der Waals surface area contributed by atoms with E-state index in [-0.39, 0.29) is 5.76 Å². The average molecular weight is 232 g/mol. The molecule has 5 heteroatoms. The zero-order valence-electron chi connectivity index (χ0n) is 9.30. The van der Waals surface area contributed by atoms with Gasteiger partial charge in [-0.3, -0.25) is 0 Å². The fourth-order valence-electron chi connectivity index (χ4n) is 1.34. The molecule has 2 rings (SSSR count). The molecule has 0 aliphatic carbocycles. The summed E-state index contributed by atoms with van der Waals surface area (Å²) in [5, 5.41) is 11.7. The third kappa shape index (κ3) is 2.84. The van der Waals surface area contributed by atoms with Gasteiger partial charge in [-0.1, -0.05) is 6.07 Å². The molecule has 2 aromatic heterocycles. The van der Waals surface area contributed by atoms with Crippen LogP contribution in [-0.2, 0) is 6.54 Å². The minimum absolute atomic E-state index is 0.0568. The summed E-state index contributed by atoms with van der Waals surface area (Å²) in [4.78, 5) is 14.8. The van der Waals surface area contributed by atoms with Gasteiger partial charge in [0.1, 0.15) is 11.6 Å². The van der Waals surface area contributed by atoms with Crippen molar-refractivity contribution in [3.05, 3.63) is 47.5 Å². The Bertz CT molecular complexity index is 517. The molecule has 0 aliphatic rings. The van der Waals surface area contributed by atoms with Crippen molar-refractivity contribution in [3.8, 4) is 0 Å². The lowest BCUT2D eigenvalue weighted by molar-refractivity contribution is 0.0660. The number of aromatic carboxylic acids is 1. The zero-order valence-corrected chi connectivity index (χ0v) is 9.30. The topological polar surface area (TPSA) is 75.4 Å². The molecule has 0 aromatic carbocycles. The van der Waals surface area contributed by atoms with Crippen molar-refractivity contribution < 1.29 is 14.3 Å². The highest BCUT2D eigenvalue weighted by atomic mass is 16.4. The lowest BCUT2D eigenvalue weighted by atomic mass is 10.3. The number of aromatic nitrogens is 1. The van der Waals surface area contributed by atoms with Crippen LogP contribution in [0.15, 0.2) is 34.9 Å². The second-order valence-electron chi connectivity index (χ2n) is 3.65. The highest BCUT2D eigenvalue weighted by Crippen LogP contribution is 2.10. The van der Waals surface area contributed by atoms with E-state index in [4.69, 9.17) is 9.52 Å². The van der Waals surface area contributed by atoms with Gasteiger partial charge in [-0.05, 0) is 30.7 Å². The average Bonchev–Trinajstić information content (AvgIpc) is 2.77. The van der Waals surface area contributed by atoms with Crippen molar-refractivity contribution >= 4 is 11.8 Å². The van der Waals surface area contributed by atoms with E-state index in [1.54, 1.807) is 12.3 Å². The summed E-state index contributed by atoms with van der Waals surface area (Å²) >= 11 is 0. The largest absolute Gasteiger partial charge is 0.475 e. The number of rotatable bonds is 4. The van der Waals surface area contributed by atoms with Crippen LogP contribution in [0.2, 0.25) is 0 Å².